The predicted molar refractivity (Wildman–Crippen MR) is 129 cm³/mol. The molecule has 0 unspecified atom stereocenters. The van der Waals surface area contributed by atoms with Crippen LogP contribution in [0.4, 0.5) is 0 Å². The zero-order valence-corrected chi connectivity index (χ0v) is 20.0. The van der Waals surface area contributed by atoms with Crippen LogP contribution in [0.15, 0.2) is 42.5 Å². The molecule has 33 heavy (non-hydrogen) atoms. The summed E-state index contributed by atoms with van der Waals surface area (Å²) in [6.45, 7) is 9.42. The number of aliphatic hydroxyl groups excluding tert-OH is 1. The normalized spacial score (nSPS) is 17.4. The molecule has 1 aliphatic heterocycles. The van der Waals surface area contributed by atoms with Crippen molar-refractivity contribution in [3.63, 3.8) is 0 Å². The molecule has 1 aliphatic carbocycles. The molecular weight excluding hydrogens is 414 g/mol. The molecule has 0 spiro atoms. The van der Waals surface area contributed by atoms with Gasteiger partial charge < -0.3 is 19.1 Å². The lowest BCUT2D eigenvalue weighted by Crippen LogP contribution is -2.23. The third kappa shape index (κ3) is 3.93. The molecule has 0 amide bonds. The molecule has 2 aliphatic rings. The van der Waals surface area contributed by atoms with Crippen LogP contribution in [-0.4, -0.2) is 28.4 Å². The number of aromatic nitrogens is 1. The lowest BCUT2D eigenvalue weighted by molar-refractivity contribution is -0.120. The number of ketones is 1. The van der Waals surface area contributed by atoms with Crippen LogP contribution in [0.1, 0.15) is 63.8 Å². The number of hydrogen-bond donors (Lipinski definition) is 1. The number of ether oxygens (including phenoxy) is 2. The van der Waals surface area contributed by atoms with Gasteiger partial charge in [-0.2, -0.15) is 0 Å². The van der Waals surface area contributed by atoms with Crippen molar-refractivity contribution in [3.05, 3.63) is 59.3 Å². The minimum absolute atomic E-state index is 0.0418. The average molecular weight is 448 g/mol. The Morgan fingerprint density at radius 3 is 2.55 bits per heavy atom. The van der Waals surface area contributed by atoms with Crippen molar-refractivity contribution >= 4 is 16.7 Å². The van der Waals surface area contributed by atoms with Crippen LogP contribution in [0, 0.1) is 0 Å². The van der Waals surface area contributed by atoms with Crippen molar-refractivity contribution in [2.24, 2.45) is 0 Å². The molecule has 5 rings (SSSR count). The molecule has 0 radical (unpaired) electrons. The first-order valence-corrected chi connectivity index (χ1v) is 12.0. The number of Topliss-reactive ketones (excluding diaryl/α,β-unsaturated/α-hetero) is 1. The van der Waals surface area contributed by atoms with E-state index in [-0.39, 0.29) is 24.1 Å². The number of hydrogen-bond acceptors (Lipinski definition) is 4. The molecule has 2 heterocycles. The van der Waals surface area contributed by atoms with E-state index in [4.69, 9.17) is 9.47 Å². The third-order valence-corrected chi connectivity index (χ3v) is 7.17. The van der Waals surface area contributed by atoms with E-state index in [0.717, 1.165) is 52.8 Å². The number of aliphatic hydroxyl groups is 1. The largest absolute Gasteiger partial charge is 0.454 e. The van der Waals surface area contributed by atoms with Crippen molar-refractivity contribution in [1.82, 2.24) is 4.57 Å². The van der Waals surface area contributed by atoms with Crippen LogP contribution in [-0.2, 0) is 28.6 Å². The summed E-state index contributed by atoms with van der Waals surface area (Å²) in [7, 11) is 0. The van der Waals surface area contributed by atoms with Crippen molar-refractivity contribution in [1.29, 1.82) is 0 Å². The molecule has 1 N–H and O–H groups in total. The minimum Gasteiger partial charge on any atom is -0.454 e. The average Bonchev–Trinajstić information content (AvgIpc) is 3.32. The standard InChI is InChI=1S/C28H33NO4/c1-5-21(30)16-29-22-8-6-18(12-19(22)14-25(29)27(2,3)4)13-26(31)28(10-11-28)20-7-9-23-24(15-20)33-17-32-23/h6-9,12,14-15,21,30H,5,10-11,13,16-17H2,1-4H3/t21-/m1/s1. The van der Waals surface area contributed by atoms with E-state index < -0.39 is 5.41 Å². The van der Waals surface area contributed by atoms with Gasteiger partial charge in [0.1, 0.15) is 5.78 Å². The molecular formula is C28H33NO4. The van der Waals surface area contributed by atoms with Gasteiger partial charge in [-0.1, -0.05) is 39.8 Å². The fourth-order valence-electron chi connectivity index (χ4n) is 4.99. The molecule has 1 aromatic heterocycles. The molecule has 174 valence electrons. The van der Waals surface area contributed by atoms with Crippen LogP contribution in [0.25, 0.3) is 10.9 Å². The zero-order chi connectivity index (χ0) is 23.4. The second kappa shape index (κ2) is 7.91. The Morgan fingerprint density at radius 1 is 1.09 bits per heavy atom. The highest BCUT2D eigenvalue weighted by molar-refractivity contribution is 5.95. The quantitative estimate of drug-likeness (QED) is 0.535. The third-order valence-electron chi connectivity index (χ3n) is 7.17. The van der Waals surface area contributed by atoms with E-state index >= 15 is 0 Å². The van der Waals surface area contributed by atoms with Gasteiger partial charge in [-0.3, -0.25) is 4.79 Å². The van der Waals surface area contributed by atoms with Gasteiger partial charge in [0.15, 0.2) is 11.5 Å². The monoisotopic (exact) mass is 447 g/mol. The van der Waals surface area contributed by atoms with Gasteiger partial charge in [0, 0.05) is 35.0 Å². The first-order chi connectivity index (χ1) is 15.7. The van der Waals surface area contributed by atoms with E-state index in [1.807, 2.05) is 25.1 Å². The lowest BCUT2D eigenvalue weighted by Gasteiger charge is -2.23. The number of carbonyl (C=O) groups excluding carboxylic acids is 1. The van der Waals surface area contributed by atoms with E-state index in [1.165, 1.54) is 5.69 Å². The van der Waals surface area contributed by atoms with E-state index in [1.54, 1.807) is 0 Å². The highest BCUT2D eigenvalue weighted by Gasteiger charge is 2.50. The van der Waals surface area contributed by atoms with Crippen molar-refractivity contribution in [3.8, 4) is 11.5 Å². The summed E-state index contributed by atoms with van der Waals surface area (Å²) < 4.78 is 13.2. The van der Waals surface area contributed by atoms with E-state index in [0.29, 0.717) is 13.0 Å². The van der Waals surface area contributed by atoms with E-state index in [2.05, 4.69) is 49.6 Å². The van der Waals surface area contributed by atoms with Gasteiger partial charge in [-0.05, 0) is 60.7 Å². The fraction of sp³-hybridized carbons (Fsp3) is 0.464. The molecule has 2 aromatic carbocycles. The van der Waals surface area contributed by atoms with Crippen LogP contribution in [0.5, 0.6) is 11.5 Å². The second-order valence-corrected chi connectivity index (χ2v) is 10.6. The molecule has 3 aromatic rings. The van der Waals surface area contributed by atoms with Crippen LogP contribution >= 0.6 is 0 Å². The Labute approximate surface area is 195 Å². The van der Waals surface area contributed by atoms with Crippen LogP contribution in [0.2, 0.25) is 0 Å². The molecule has 1 saturated carbocycles. The predicted octanol–water partition coefficient (Wildman–Crippen LogP) is 5.28. The van der Waals surface area contributed by atoms with Crippen molar-refractivity contribution in [2.45, 2.75) is 76.9 Å². The van der Waals surface area contributed by atoms with E-state index in [9.17, 15) is 9.90 Å². The van der Waals surface area contributed by atoms with Crippen LogP contribution < -0.4 is 9.47 Å². The molecule has 5 heteroatoms. The van der Waals surface area contributed by atoms with Crippen molar-refractivity contribution in [2.75, 3.05) is 6.79 Å². The Morgan fingerprint density at radius 2 is 1.85 bits per heavy atom. The van der Waals surface area contributed by atoms with Crippen LogP contribution in [0.3, 0.4) is 0 Å². The molecule has 1 fully saturated rings. The summed E-state index contributed by atoms with van der Waals surface area (Å²) >= 11 is 0. The first-order valence-electron chi connectivity index (χ1n) is 12.0. The Balaban J connectivity index is 1.43. The Kier molecular flexibility index (Phi) is 5.28. The maximum absolute atomic E-state index is 13.4. The highest BCUT2D eigenvalue weighted by Crippen LogP contribution is 2.51. The maximum atomic E-state index is 13.4. The molecule has 1 atom stereocenters. The summed E-state index contributed by atoms with van der Waals surface area (Å²) in [5, 5.41) is 11.5. The van der Waals surface area contributed by atoms with Gasteiger partial charge in [0.2, 0.25) is 6.79 Å². The number of rotatable bonds is 7. The number of carbonyl (C=O) groups is 1. The summed E-state index contributed by atoms with van der Waals surface area (Å²) in [5.74, 6) is 1.75. The Hall–Kier alpha value is -2.79. The smallest absolute Gasteiger partial charge is 0.231 e. The second-order valence-electron chi connectivity index (χ2n) is 10.6. The topological polar surface area (TPSA) is 60.7 Å². The summed E-state index contributed by atoms with van der Waals surface area (Å²) in [4.78, 5) is 13.4. The van der Waals surface area contributed by atoms with Gasteiger partial charge >= 0.3 is 0 Å². The van der Waals surface area contributed by atoms with Crippen molar-refractivity contribution < 1.29 is 19.4 Å². The van der Waals surface area contributed by atoms with Gasteiger partial charge in [-0.15, -0.1) is 0 Å². The number of fused-ring (bicyclic) bond motifs is 2. The first kappa shape index (κ1) is 22.0. The fourth-order valence-corrected chi connectivity index (χ4v) is 4.99. The zero-order valence-electron chi connectivity index (χ0n) is 20.0. The summed E-state index contributed by atoms with van der Waals surface area (Å²) in [6.07, 6.45) is 2.52. The van der Waals surface area contributed by atoms with Gasteiger partial charge in [0.25, 0.3) is 0 Å². The number of benzene rings is 2. The highest BCUT2D eigenvalue weighted by atomic mass is 16.7. The SMILES string of the molecule is CC[C@@H](O)Cn1c(C(C)(C)C)cc2cc(CC(=O)C3(c4ccc5c(c4)OCO5)CC3)ccc21. The summed E-state index contributed by atoms with van der Waals surface area (Å²) in [5.41, 5.74) is 3.94. The molecule has 0 saturated heterocycles. The lowest BCUT2D eigenvalue weighted by atomic mass is 9.87. The van der Waals surface area contributed by atoms with Gasteiger partial charge in [0.05, 0.1) is 11.5 Å². The minimum atomic E-state index is -0.399. The molecule has 0 bridgehead atoms. The summed E-state index contributed by atoms with van der Waals surface area (Å²) in [6, 6.07) is 14.4. The number of nitrogens with zero attached hydrogens (tertiary/aromatic N) is 1. The maximum Gasteiger partial charge on any atom is 0.231 e. The van der Waals surface area contributed by atoms with Gasteiger partial charge in [-0.25, -0.2) is 0 Å². The Bertz CT molecular complexity index is 1210. The molecule has 5 nitrogen and oxygen atoms in total.